The number of benzene rings is 1. The maximum absolute atomic E-state index is 12.6. The molecule has 9 nitrogen and oxygen atoms in total. The van der Waals surface area contributed by atoms with Crippen LogP contribution in [0.3, 0.4) is 0 Å². The fourth-order valence-corrected chi connectivity index (χ4v) is 4.34. The van der Waals surface area contributed by atoms with Crippen LogP contribution in [0.15, 0.2) is 35.4 Å². The van der Waals surface area contributed by atoms with Gasteiger partial charge < -0.3 is 10.6 Å². The zero-order valence-electron chi connectivity index (χ0n) is 17.9. The second-order valence-corrected chi connectivity index (χ2v) is 9.93. The Morgan fingerprint density at radius 3 is 2.66 bits per heavy atom. The molecule has 1 aromatic carbocycles. The van der Waals surface area contributed by atoms with Gasteiger partial charge in [-0.25, -0.2) is 18.5 Å². The largest absolute Gasteiger partial charge is 0.325 e. The van der Waals surface area contributed by atoms with E-state index in [1.165, 1.54) is 18.3 Å². The zero-order valence-corrected chi connectivity index (χ0v) is 19.5. The highest BCUT2D eigenvalue weighted by Gasteiger charge is 2.27. The third-order valence-corrected chi connectivity index (χ3v) is 6.58. The van der Waals surface area contributed by atoms with Crippen molar-refractivity contribution in [3.8, 4) is 0 Å². The van der Waals surface area contributed by atoms with Gasteiger partial charge in [0.15, 0.2) is 0 Å². The molecule has 1 atom stereocenters. The van der Waals surface area contributed by atoms with Crippen LogP contribution in [-0.2, 0) is 19.6 Å². The summed E-state index contributed by atoms with van der Waals surface area (Å²) in [6.07, 6.45) is 2.95. The van der Waals surface area contributed by atoms with E-state index in [1.54, 1.807) is 26.0 Å². The molecule has 1 fully saturated rings. The molecule has 2 amide bonds. The number of halogens is 1. The van der Waals surface area contributed by atoms with Crippen LogP contribution in [0.4, 0.5) is 11.5 Å². The molecule has 2 heterocycles. The highest BCUT2D eigenvalue weighted by molar-refractivity contribution is 7.89. The third-order valence-electron chi connectivity index (χ3n) is 5.47. The van der Waals surface area contributed by atoms with Gasteiger partial charge in [0, 0.05) is 18.4 Å². The van der Waals surface area contributed by atoms with Gasteiger partial charge in [-0.2, -0.15) is 0 Å². The van der Waals surface area contributed by atoms with E-state index in [4.69, 9.17) is 16.7 Å². The maximum Gasteiger partial charge on any atom is 0.238 e. The molecule has 11 heteroatoms. The molecule has 1 aliphatic rings. The molecule has 0 spiro atoms. The molecule has 1 aromatic heterocycles. The monoisotopic (exact) mass is 479 g/mol. The van der Waals surface area contributed by atoms with Crippen LogP contribution in [-0.4, -0.2) is 49.8 Å². The fourth-order valence-electron chi connectivity index (χ4n) is 3.60. The highest BCUT2D eigenvalue weighted by atomic mass is 35.5. The summed E-state index contributed by atoms with van der Waals surface area (Å²) in [7, 11) is -3.89. The Kier molecular flexibility index (Phi) is 7.50. The molecule has 0 radical (unpaired) electrons. The van der Waals surface area contributed by atoms with Gasteiger partial charge in [0.05, 0.1) is 22.4 Å². The first-order valence-electron chi connectivity index (χ1n) is 10.1. The van der Waals surface area contributed by atoms with Crippen LogP contribution >= 0.6 is 11.6 Å². The average molecular weight is 480 g/mol. The first kappa shape index (κ1) is 24.1. The van der Waals surface area contributed by atoms with Gasteiger partial charge in [0.1, 0.15) is 5.82 Å². The second-order valence-electron chi connectivity index (χ2n) is 7.93. The van der Waals surface area contributed by atoms with Crippen molar-refractivity contribution in [3.63, 3.8) is 0 Å². The molecule has 0 aliphatic carbocycles. The Morgan fingerprint density at radius 2 is 2.00 bits per heavy atom. The lowest BCUT2D eigenvalue weighted by molar-refractivity contribution is -0.123. The molecule has 1 aliphatic heterocycles. The Bertz CT molecular complexity index is 1120. The summed E-state index contributed by atoms with van der Waals surface area (Å²) >= 11 is 5.82. The summed E-state index contributed by atoms with van der Waals surface area (Å²) in [6.45, 7) is 4.75. The number of amides is 2. The van der Waals surface area contributed by atoms with Crippen molar-refractivity contribution in [3.05, 3.63) is 46.6 Å². The number of rotatable bonds is 6. The highest BCUT2D eigenvalue weighted by Crippen LogP contribution is 2.24. The number of aryl methyl sites for hydroxylation is 1. The van der Waals surface area contributed by atoms with Crippen LogP contribution in [0.1, 0.15) is 24.0 Å². The summed E-state index contributed by atoms with van der Waals surface area (Å²) in [5.41, 5.74) is 1.87. The number of likely N-dealkylation sites (tertiary alicyclic amines) is 1. The van der Waals surface area contributed by atoms with Crippen molar-refractivity contribution < 1.29 is 18.0 Å². The van der Waals surface area contributed by atoms with E-state index in [0.717, 1.165) is 12.0 Å². The second kappa shape index (κ2) is 9.95. The molecular formula is C21H26ClN5O4S. The van der Waals surface area contributed by atoms with Crippen molar-refractivity contribution in [1.82, 2.24) is 9.88 Å². The van der Waals surface area contributed by atoms with Crippen LogP contribution in [0.2, 0.25) is 5.02 Å². The zero-order chi connectivity index (χ0) is 23.5. The Labute approximate surface area is 192 Å². The Hall–Kier alpha value is -2.53. The molecule has 1 saturated heterocycles. The number of carbonyl (C=O) groups excluding carboxylic acids is 2. The normalized spacial score (nSPS) is 17.1. The first-order valence-corrected chi connectivity index (χ1v) is 12.0. The van der Waals surface area contributed by atoms with Gasteiger partial charge in [-0.15, -0.1) is 0 Å². The van der Waals surface area contributed by atoms with E-state index >= 15 is 0 Å². The lowest BCUT2D eigenvalue weighted by atomic mass is 9.97. The van der Waals surface area contributed by atoms with E-state index < -0.39 is 10.0 Å². The van der Waals surface area contributed by atoms with Crippen LogP contribution in [0.25, 0.3) is 0 Å². The summed E-state index contributed by atoms with van der Waals surface area (Å²) in [5.74, 6) is -0.296. The van der Waals surface area contributed by atoms with Crippen LogP contribution < -0.4 is 15.8 Å². The molecule has 0 bridgehead atoms. The van der Waals surface area contributed by atoms with Crippen LogP contribution in [0, 0.1) is 19.8 Å². The standard InChI is InChI=1S/C21H26ClN5O4S/c1-13-8-17(32(23,30)31)9-18(14(13)2)25-20(28)12-27-7-3-4-15(11-27)21(29)26-19-6-5-16(22)10-24-19/h5-6,8-10,15H,3-4,7,11-12H2,1-2H3,(H,25,28)(H2,23,30,31)(H,24,26,29). The van der Waals surface area contributed by atoms with E-state index in [-0.39, 0.29) is 29.2 Å². The molecule has 32 heavy (non-hydrogen) atoms. The summed E-state index contributed by atoms with van der Waals surface area (Å²) < 4.78 is 23.4. The number of anilines is 2. The molecule has 172 valence electrons. The molecule has 0 saturated carbocycles. The maximum atomic E-state index is 12.6. The van der Waals surface area contributed by atoms with Gasteiger partial charge in [-0.1, -0.05) is 11.6 Å². The third kappa shape index (κ3) is 6.26. The minimum Gasteiger partial charge on any atom is -0.325 e. The number of primary sulfonamides is 1. The van der Waals surface area contributed by atoms with Gasteiger partial charge in [-0.05, 0) is 68.6 Å². The van der Waals surface area contributed by atoms with Crippen molar-refractivity contribution >= 4 is 44.9 Å². The summed E-state index contributed by atoms with van der Waals surface area (Å²) in [6, 6.07) is 6.12. The van der Waals surface area contributed by atoms with Gasteiger partial charge in [0.25, 0.3) is 0 Å². The molecule has 3 rings (SSSR count). The van der Waals surface area contributed by atoms with Crippen LogP contribution in [0.5, 0.6) is 0 Å². The molecule has 1 unspecified atom stereocenters. The van der Waals surface area contributed by atoms with E-state index in [2.05, 4.69) is 15.6 Å². The number of piperidine rings is 1. The smallest absolute Gasteiger partial charge is 0.238 e. The van der Waals surface area contributed by atoms with E-state index in [1.807, 2.05) is 4.90 Å². The number of hydrogen-bond donors (Lipinski definition) is 3. The first-order chi connectivity index (χ1) is 15.0. The van der Waals surface area contributed by atoms with Crippen molar-refractivity contribution in [2.24, 2.45) is 11.1 Å². The molecule has 2 aromatic rings. The lowest BCUT2D eigenvalue weighted by Gasteiger charge is -2.31. The quantitative estimate of drug-likeness (QED) is 0.581. The van der Waals surface area contributed by atoms with Gasteiger partial charge in [0.2, 0.25) is 21.8 Å². The summed E-state index contributed by atoms with van der Waals surface area (Å²) in [5, 5.41) is 11.3. The number of hydrogen-bond acceptors (Lipinski definition) is 6. The van der Waals surface area contributed by atoms with E-state index in [0.29, 0.717) is 41.6 Å². The number of nitrogens with zero attached hydrogens (tertiary/aromatic N) is 2. The number of sulfonamides is 1. The minimum atomic E-state index is -3.89. The minimum absolute atomic E-state index is 0.0542. The number of carbonyl (C=O) groups is 2. The molecule has 4 N–H and O–H groups in total. The summed E-state index contributed by atoms with van der Waals surface area (Å²) in [4.78, 5) is 31.2. The Balaban J connectivity index is 1.61. The fraction of sp³-hybridized carbons (Fsp3) is 0.381. The van der Waals surface area contributed by atoms with Crippen molar-refractivity contribution in [2.45, 2.75) is 31.6 Å². The number of nitrogens with two attached hydrogens (primary N) is 1. The number of aromatic nitrogens is 1. The average Bonchev–Trinajstić information content (AvgIpc) is 2.72. The number of pyridine rings is 1. The van der Waals surface area contributed by atoms with E-state index in [9.17, 15) is 18.0 Å². The van der Waals surface area contributed by atoms with Crippen molar-refractivity contribution in [1.29, 1.82) is 0 Å². The topological polar surface area (TPSA) is 134 Å². The Morgan fingerprint density at radius 1 is 1.25 bits per heavy atom. The SMILES string of the molecule is Cc1cc(S(N)(=O)=O)cc(NC(=O)CN2CCCC(C(=O)Nc3ccc(Cl)cn3)C2)c1C. The predicted molar refractivity (Wildman–Crippen MR) is 123 cm³/mol. The molecular weight excluding hydrogens is 454 g/mol. The van der Waals surface area contributed by atoms with Crippen molar-refractivity contribution in [2.75, 3.05) is 30.3 Å². The van der Waals surface area contributed by atoms with Gasteiger partial charge >= 0.3 is 0 Å². The predicted octanol–water partition coefficient (Wildman–Crippen LogP) is 2.29. The van der Waals surface area contributed by atoms with Gasteiger partial charge in [-0.3, -0.25) is 14.5 Å². The number of nitrogens with one attached hydrogen (secondary N) is 2. The lowest BCUT2D eigenvalue weighted by Crippen LogP contribution is -2.44.